The van der Waals surface area contributed by atoms with Crippen LogP contribution >= 0.6 is 24.0 Å². The Kier molecular flexibility index (Phi) is 12.5. The number of halogens is 1. The number of unbranched alkanes of at least 4 members (excludes halogenated alkanes) is 1. The SMILES string of the molecule is CCCCC(CC)CNC(=NC)NCc1ccnc(N2CCOC(C)C2)c1.I. The van der Waals surface area contributed by atoms with Gasteiger partial charge in [0.15, 0.2) is 5.96 Å². The highest BCUT2D eigenvalue weighted by molar-refractivity contribution is 14.0. The fourth-order valence-electron chi connectivity index (χ4n) is 3.36. The summed E-state index contributed by atoms with van der Waals surface area (Å²) < 4.78 is 5.63. The Morgan fingerprint density at radius 3 is 2.89 bits per heavy atom. The molecule has 2 unspecified atom stereocenters. The van der Waals surface area contributed by atoms with Crippen LogP contribution in [-0.4, -0.2) is 50.3 Å². The van der Waals surface area contributed by atoms with Gasteiger partial charge in [0, 0.05) is 39.4 Å². The minimum absolute atomic E-state index is 0. The zero-order valence-electron chi connectivity index (χ0n) is 17.9. The van der Waals surface area contributed by atoms with E-state index in [0.29, 0.717) is 5.92 Å². The lowest BCUT2D eigenvalue weighted by Gasteiger charge is -2.32. The summed E-state index contributed by atoms with van der Waals surface area (Å²) in [6.07, 6.45) is 7.19. The second kappa shape index (κ2) is 14.0. The molecule has 0 saturated carbocycles. The first-order valence-corrected chi connectivity index (χ1v) is 10.4. The summed E-state index contributed by atoms with van der Waals surface area (Å²) in [6, 6.07) is 4.22. The van der Waals surface area contributed by atoms with Crippen LogP contribution < -0.4 is 15.5 Å². The van der Waals surface area contributed by atoms with E-state index in [4.69, 9.17) is 4.74 Å². The van der Waals surface area contributed by atoms with Crippen LogP contribution in [0, 0.1) is 5.92 Å². The molecule has 2 heterocycles. The Morgan fingerprint density at radius 2 is 2.21 bits per heavy atom. The van der Waals surface area contributed by atoms with Crippen LogP contribution in [0.1, 0.15) is 52.0 Å². The molecular formula is C21H38IN5O. The Balaban J connectivity index is 0.00000392. The van der Waals surface area contributed by atoms with Gasteiger partial charge in [-0.25, -0.2) is 4.98 Å². The standard InChI is InChI=1S/C21H37N5O.HI/c1-5-7-8-18(6-2)14-24-21(22-4)25-15-19-9-10-23-20(13-19)26-11-12-27-17(3)16-26;/h9-10,13,17-18H,5-8,11-12,14-16H2,1-4H3,(H2,22,24,25);1H. The summed E-state index contributed by atoms with van der Waals surface area (Å²) in [5, 5.41) is 6.91. The molecule has 6 nitrogen and oxygen atoms in total. The van der Waals surface area contributed by atoms with Crippen LogP contribution in [0.25, 0.3) is 0 Å². The molecule has 0 spiro atoms. The molecule has 0 bridgehead atoms. The number of anilines is 1. The fraction of sp³-hybridized carbons (Fsp3) is 0.714. The zero-order valence-corrected chi connectivity index (χ0v) is 20.2. The van der Waals surface area contributed by atoms with Crippen LogP contribution in [-0.2, 0) is 11.3 Å². The van der Waals surface area contributed by atoms with Crippen LogP contribution in [0.3, 0.4) is 0 Å². The molecule has 28 heavy (non-hydrogen) atoms. The first-order valence-electron chi connectivity index (χ1n) is 10.4. The molecular weight excluding hydrogens is 465 g/mol. The highest BCUT2D eigenvalue weighted by Gasteiger charge is 2.18. The van der Waals surface area contributed by atoms with E-state index in [9.17, 15) is 0 Å². The maximum absolute atomic E-state index is 5.63. The number of morpholine rings is 1. The fourth-order valence-corrected chi connectivity index (χ4v) is 3.36. The maximum Gasteiger partial charge on any atom is 0.191 e. The van der Waals surface area contributed by atoms with Crippen molar-refractivity contribution < 1.29 is 4.74 Å². The van der Waals surface area contributed by atoms with Gasteiger partial charge in [-0.15, -0.1) is 24.0 Å². The van der Waals surface area contributed by atoms with Gasteiger partial charge in [-0.2, -0.15) is 0 Å². The second-order valence-corrected chi connectivity index (χ2v) is 7.37. The van der Waals surface area contributed by atoms with E-state index in [1.54, 1.807) is 0 Å². The van der Waals surface area contributed by atoms with E-state index in [1.165, 1.54) is 31.2 Å². The van der Waals surface area contributed by atoms with E-state index in [0.717, 1.165) is 44.6 Å². The van der Waals surface area contributed by atoms with Crippen molar-refractivity contribution in [2.24, 2.45) is 10.9 Å². The largest absolute Gasteiger partial charge is 0.375 e. The zero-order chi connectivity index (χ0) is 19.5. The van der Waals surface area contributed by atoms with Gasteiger partial charge >= 0.3 is 0 Å². The third-order valence-corrected chi connectivity index (χ3v) is 5.16. The molecule has 7 heteroatoms. The van der Waals surface area contributed by atoms with Gasteiger partial charge in [-0.3, -0.25) is 4.99 Å². The molecule has 0 radical (unpaired) electrons. The lowest BCUT2D eigenvalue weighted by molar-refractivity contribution is 0.0529. The van der Waals surface area contributed by atoms with Crippen molar-refractivity contribution in [2.75, 3.05) is 38.2 Å². The predicted octanol–water partition coefficient (Wildman–Crippen LogP) is 3.81. The van der Waals surface area contributed by atoms with E-state index in [-0.39, 0.29) is 30.1 Å². The summed E-state index contributed by atoms with van der Waals surface area (Å²) in [7, 11) is 1.83. The van der Waals surface area contributed by atoms with E-state index in [1.807, 2.05) is 13.2 Å². The normalized spacial score (nSPS) is 18.4. The average Bonchev–Trinajstić information content (AvgIpc) is 2.70. The summed E-state index contributed by atoms with van der Waals surface area (Å²) in [5.41, 5.74) is 1.21. The Labute approximate surface area is 187 Å². The second-order valence-electron chi connectivity index (χ2n) is 7.37. The van der Waals surface area contributed by atoms with Crippen molar-refractivity contribution in [1.82, 2.24) is 15.6 Å². The first kappa shape index (κ1) is 24.9. The molecule has 2 N–H and O–H groups in total. The van der Waals surface area contributed by atoms with Gasteiger partial charge in [-0.1, -0.05) is 33.1 Å². The third-order valence-electron chi connectivity index (χ3n) is 5.16. The van der Waals surface area contributed by atoms with Gasteiger partial charge in [0.1, 0.15) is 5.82 Å². The molecule has 1 saturated heterocycles. The highest BCUT2D eigenvalue weighted by Crippen LogP contribution is 2.16. The summed E-state index contributed by atoms with van der Waals surface area (Å²) >= 11 is 0. The van der Waals surface area contributed by atoms with E-state index in [2.05, 4.69) is 58.4 Å². The molecule has 0 aliphatic carbocycles. The van der Waals surface area contributed by atoms with Crippen LogP contribution in [0.4, 0.5) is 5.82 Å². The monoisotopic (exact) mass is 503 g/mol. The third kappa shape index (κ3) is 8.51. The summed E-state index contributed by atoms with van der Waals surface area (Å²) in [6.45, 7) is 10.9. The number of nitrogens with zero attached hydrogens (tertiary/aromatic N) is 3. The number of pyridine rings is 1. The van der Waals surface area contributed by atoms with Crippen LogP contribution in [0.2, 0.25) is 0 Å². The van der Waals surface area contributed by atoms with Crippen molar-refractivity contribution in [3.8, 4) is 0 Å². The molecule has 1 aromatic rings. The summed E-state index contributed by atoms with van der Waals surface area (Å²) in [5.74, 6) is 2.60. The van der Waals surface area contributed by atoms with Crippen LogP contribution in [0.5, 0.6) is 0 Å². The molecule has 0 aromatic carbocycles. The Bertz CT molecular complexity index is 584. The molecule has 2 atom stereocenters. The number of rotatable bonds is 9. The van der Waals surface area contributed by atoms with Crippen molar-refractivity contribution in [3.63, 3.8) is 0 Å². The Hall–Kier alpha value is -1.09. The smallest absolute Gasteiger partial charge is 0.191 e. The number of hydrogen-bond donors (Lipinski definition) is 2. The minimum atomic E-state index is 0. The summed E-state index contributed by atoms with van der Waals surface area (Å²) in [4.78, 5) is 11.2. The minimum Gasteiger partial charge on any atom is -0.375 e. The lowest BCUT2D eigenvalue weighted by atomic mass is 9.99. The number of ether oxygens (including phenoxy) is 1. The van der Waals surface area contributed by atoms with Gasteiger partial charge in [-0.05, 0) is 37.0 Å². The highest BCUT2D eigenvalue weighted by atomic mass is 127. The average molecular weight is 503 g/mol. The lowest BCUT2D eigenvalue weighted by Crippen LogP contribution is -2.41. The molecule has 160 valence electrons. The molecule has 2 rings (SSSR count). The van der Waals surface area contributed by atoms with E-state index < -0.39 is 0 Å². The van der Waals surface area contributed by atoms with Crippen LogP contribution in [0.15, 0.2) is 23.3 Å². The number of aromatic nitrogens is 1. The molecule has 1 aliphatic rings. The number of nitrogens with one attached hydrogen (secondary N) is 2. The van der Waals surface area contributed by atoms with Crippen molar-refractivity contribution >= 4 is 35.8 Å². The molecule has 1 aliphatic heterocycles. The van der Waals surface area contributed by atoms with Gasteiger partial charge in [0.05, 0.1) is 12.7 Å². The van der Waals surface area contributed by atoms with E-state index >= 15 is 0 Å². The molecule has 1 fully saturated rings. The molecule has 0 amide bonds. The van der Waals surface area contributed by atoms with Crippen molar-refractivity contribution in [3.05, 3.63) is 23.9 Å². The first-order chi connectivity index (χ1) is 13.2. The maximum atomic E-state index is 5.63. The number of aliphatic imine (C=N–C) groups is 1. The van der Waals surface area contributed by atoms with Crippen molar-refractivity contribution in [1.29, 1.82) is 0 Å². The van der Waals surface area contributed by atoms with Gasteiger partial charge in [0.2, 0.25) is 0 Å². The van der Waals surface area contributed by atoms with Crippen molar-refractivity contribution in [2.45, 2.75) is 59.1 Å². The molecule has 1 aromatic heterocycles. The Morgan fingerprint density at radius 1 is 1.39 bits per heavy atom. The number of guanidine groups is 1. The quantitative estimate of drug-likeness (QED) is 0.305. The topological polar surface area (TPSA) is 61.8 Å². The van der Waals surface area contributed by atoms with Gasteiger partial charge in [0.25, 0.3) is 0 Å². The number of hydrogen-bond acceptors (Lipinski definition) is 4. The van der Waals surface area contributed by atoms with Gasteiger partial charge < -0.3 is 20.3 Å². The predicted molar refractivity (Wildman–Crippen MR) is 129 cm³/mol.